The lowest BCUT2D eigenvalue weighted by Crippen LogP contribution is -2.56. The number of carbonyl (C=O) groups is 2. The molecule has 4 rings (SSSR count). The molecule has 2 heterocycles. The van der Waals surface area contributed by atoms with Crippen molar-refractivity contribution < 1.29 is 28.5 Å². The number of rotatable bonds is 8. The molecule has 4 fully saturated rings. The van der Waals surface area contributed by atoms with Gasteiger partial charge in [-0.25, -0.2) is 4.79 Å². The minimum atomic E-state index is -0.407. The van der Waals surface area contributed by atoms with Gasteiger partial charge >= 0.3 is 6.09 Å². The maximum absolute atomic E-state index is 12.8. The number of carbonyl (C=O) groups excluding carboxylic acids is 2. The van der Waals surface area contributed by atoms with Gasteiger partial charge in [0.25, 0.3) is 0 Å². The summed E-state index contributed by atoms with van der Waals surface area (Å²) < 4.78 is 24.1. The number of methoxy groups -OCH3 is 1. The lowest BCUT2D eigenvalue weighted by atomic mass is 9.68. The quantitative estimate of drug-likeness (QED) is 0.360. The molecule has 2 aliphatic carbocycles. The van der Waals surface area contributed by atoms with E-state index >= 15 is 0 Å². The zero-order chi connectivity index (χ0) is 24.5. The predicted octanol–water partition coefficient (Wildman–Crippen LogP) is 2.18. The summed E-state index contributed by atoms with van der Waals surface area (Å²) in [6.45, 7) is 7.03. The van der Waals surface area contributed by atoms with Gasteiger partial charge in [-0.2, -0.15) is 0 Å². The van der Waals surface area contributed by atoms with Crippen LogP contribution in [0.3, 0.4) is 0 Å². The summed E-state index contributed by atoms with van der Waals surface area (Å²) in [5.74, 6) is -0.129. The van der Waals surface area contributed by atoms with Crippen molar-refractivity contribution >= 4 is 12.0 Å². The van der Waals surface area contributed by atoms with Crippen LogP contribution in [-0.2, 0) is 23.7 Å². The second-order valence-corrected chi connectivity index (χ2v) is 10.8. The van der Waals surface area contributed by atoms with Crippen molar-refractivity contribution in [2.45, 2.75) is 107 Å². The fourth-order valence-corrected chi connectivity index (χ4v) is 6.08. The summed E-state index contributed by atoms with van der Waals surface area (Å²) in [5, 5.41) is 5.95. The van der Waals surface area contributed by atoms with Gasteiger partial charge in [0.2, 0.25) is 5.91 Å². The van der Waals surface area contributed by atoms with Crippen LogP contribution in [0.2, 0.25) is 0 Å². The van der Waals surface area contributed by atoms with Gasteiger partial charge in [0.1, 0.15) is 23.4 Å². The molecule has 6 atom stereocenters. The molecule has 2 saturated carbocycles. The smallest absolute Gasteiger partial charge is 0.407 e. The van der Waals surface area contributed by atoms with Gasteiger partial charge in [-0.1, -0.05) is 11.6 Å². The number of allylic oxidation sites excluding steroid dienone is 1. The molecule has 0 aromatic carbocycles. The average Bonchev–Trinajstić information content (AvgIpc) is 3.72. The number of nitrogens with one attached hydrogen (secondary N) is 2. The zero-order valence-electron chi connectivity index (χ0n) is 20.9. The molecule has 0 aromatic heterocycles. The maximum Gasteiger partial charge on any atom is 0.407 e. The Balaban J connectivity index is 1.32. The van der Waals surface area contributed by atoms with Crippen molar-refractivity contribution in [1.29, 1.82) is 0 Å². The van der Waals surface area contributed by atoms with E-state index in [4.69, 9.17) is 24.7 Å². The molecule has 1 spiro atoms. The number of hydrogen-bond donors (Lipinski definition) is 3. The summed E-state index contributed by atoms with van der Waals surface area (Å²) in [7, 11) is 1.68. The van der Waals surface area contributed by atoms with E-state index in [1.165, 1.54) is 5.57 Å². The highest BCUT2D eigenvalue weighted by molar-refractivity contribution is 5.78. The summed E-state index contributed by atoms with van der Waals surface area (Å²) in [4.78, 5) is 24.3. The van der Waals surface area contributed by atoms with Gasteiger partial charge in [-0.15, -0.1) is 0 Å². The van der Waals surface area contributed by atoms with Gasteiger partial charge < -0.3 is 35.3 Å². The Kier molecular flexibility index (Phi) is 7.57. The van der Waals surface area contributed by atoms with E-state index in [-0.39, 0.29) is 60.0 Å². The number of amides is 2. The average molecular weight is 480 g/mol. The fraction of sp³-hybridized carbons (Fsp3) is 0.840. The van der Waals surface area contributed by atoms with Crippen LogP contribution in [0.1, 0.15) is 65.7 Å². The molecular formula is C25H41N3O6. The summed E-state index contributed by atoms with van der Waals surface area (Å²) >= 11 is 0. The molecule has 2 saturated heterocycles. The van der Waals surface area contributed by atoms with Crippen LogP contribution in [0.5, 0.6) is 0 Å². The molecule has 2 amide bonds. The van der Waals surface area contributed by atoms with Crippen molar-refractivity contribution in [3.8, 4) is 0 Å². The Morgan fingerprint density at radius 2 is 1.76 bits per heavy atom. The zero-order valence-corrected chi connectivity index (χ0v) is 20.9. The topological polar surface area (TPSA) is 128 Å². The van der Waals surface area contributed by atoms with E-state index < -0.39 is 6.09 Å². The number of hydrogen-bond acceptors (Lipinski definition) is 7. The second kappa shape index (κ2) is 10.1. The lowest BCUT2D eigenvalue weighted by molar-refractivity contribution is -0.120. The molecule has 0 radical (unpaired) electrons. The Morgan fingerprint density at radius 3 is 2.32 bits per heavy atom. The third-order valence-electron chi connectivity index (χ3n) is 8.10. The normalized spacial score (nSPS) is 40.9. The summed E-state index contributed by atoms with van der Waals surface area (Å²) in [6.07, 6.45) is 6.88. The first kappa shape index (κ1) is 25.4. The number of epoxide rings is 2. The minimum absolute atomic E-state index is 0.000341. The highest BCUT2D eigenvalue weighted by atomic mass is 16.6. The van der Waals surface area contributed by atoms with Crippen molar-refractivity contribution in [3.63, 3.8) is 0 Å². The van der Waals surface area contributed by atoms with Gasteiger partial charge in [0.15, 0.2) is 0 Å². The first-order valence-electron chi connectivity index (χ1n) is 12.7. The lowest BCUT2D eigenvalue weighted by Gasteiger charge is -2.42. The van der Waals surface area contributed by atoms with Crippen molar-refractivity contribution in [3.05, 3.63) is 11.6 Å². The minimum Gasteiger partial charge on any atom is -0.443 e. The highest BCUT2D eigenvalue weighted by Crippen LogP contribution is 2.59. The highest BCUT2D eigenvalue weighted by Gasteiger charge is 2.72. The van der Waals surface area contributed by atoms with E-state index in [2.05, 4.69) is 37.5 Å². The van der Waals surface area contributed by atoms with Gasteiger partial charge in [0, 0.05) is 19.2 Å². The van der Waals surface area contributed by atoms with E-state index in [0.717, 1.165) is 38.5 Å². The van der Waals surface area contributed by atoms with E-state index in [1.807, 2.05) is 0 Å². The Morgan fingerprint density at radius 1 is 1.12 bits per heavy atom. The van der Waals surface area contributed by atoms with Crippen LogP contribution in [0.4, 0.5) is 4.79 Å². The Labute approximate surface area is 202 Å². The first-order valence-corrected chi connectivity index (χ1v) is 12.7. The largest absolute Gasteiger partial charge is 0.443 e. The van der Waals surface area contributed by atoms with Crippen molar-refractivity contribution in [1.82, 2.24) is 10.6 Å². The number of nitrogens with two attached hydrogens (primary N) is 1. The maximum atomic E-state index is 12.8. The van der Waals surface area contributed by atoms with Gasteiger partial charge in [-0.05, 0) is 65.7 Å². The third kappa shape index (κ3) is 5.42. The Bertz CT molecular complexity index is 788. The molecule has 9 nitrogen and oxygen atoms in total. The van der Waals surface area contributed by atoms with Gasteiger partial charge in [-0.3, -0.25) is 4.79 Å². The molecule has 34 heavy (non-hydrogen) atoms. The Hall–Kier alpha value is -1.68. The van der Waals surface area contributed by atoms with E-state index in [9.17, 15) is 9.59 Å². The SMILES string of the molecule is COC1C(OC(=O)N[C@H]2CC[C@H](NC(=O)CN)CC2)CCC2(CO2)C1[C@]1(C)OC1CC=C(C)C. The molecule has 192 valence electrons. The molecule has 5 unspecified atom stereocenters. The van der Waals surface area contributed by atoms with E-state index in [0.29, 0.717) is 13.0 Å². The molecule has 0 aromatic rings. The molecule has 4 aliphatic rings. The van der Waals surface area contributed by atoms with E-state index in [1.54, 1.807) is 7.11 Å². The number of ether oxygens (including phenoxy) is 4. The predicted molar refractivity (Wildman–Crippen MR) is 126 cm³/mol. The third-order valence-corrected chi connectivity index (χ3v) is 8.10. The van der Waals surface area contributed by atoms with Crippen LogP contribution in [0, 0.1) is 5.92 Å². The van der Waals surface area contributed by atoms with Crippen molar-refractivity contribution in [2.75, 3.05) is 20.3 Å². The van der Waals surface area contributed by atoms with Crippen LogP contribution in [0.15, 0.2) is 11.6 Å². The first-order chi connectivity index (χ1) is 16.2. The van der Waals surface area contributed by atoms with Crippen LogP contribution >= 0.6 is 0 Å². The molecular weight excluding hydrogens is 438 g/mol. The fourth-order valence-electron chi connectivity index (χ4n) is 6.08. The van der Waals surface area contributed by atoms with Crippen LogP contribution in [-0.4, -0.2) is 73.9 Å². The summed E-state index contributed by atoms with van der Waals surface area (Å²) in [6, 6.07) is 0.158. The van der Waals surface area contributed by atoms with Crippen LogP contribution in [0.25, 0.3) is 0 Å². The summed E-state index contributed by atoms with van der Waals surface area (Å²) in [5.41, 5.74) is 6.06. The molecule has 2 aliphatic heterocycles. The molecule has 9 heteroatoms. The standard InChI is InChI=1S/C25H41N3O6/c1-15(2)5-10-19-24(3,34-19)22-21(31-4)18(11-12-25(22)14-32-25)33-23(30)28-17-8-6-16(7-9-17)27-20(29)13-26/h5,16-19,21-22H,6-14,26H2,1-4H3,(H,27,29)(H,28,30)/t16-,17-,18?,19?,21?,22?,24-,25?/m1/s1. The second-order valence-electron chi connectivity index (χ2n) is 10.8. The van der Waals surface area contributed by atoms with Crippen molar-refractivity contribution in [2.24, 2.45) is 11.7 Å². The monoisotopic (exact) mass is 479 g/mol. The van der Waals surface area contributed by atoms with Crippen LogP contribution < -0.4 is 16.4 Å². The molecule has 4 N–H and O–H groups in total. The van der Waals surface area contributed by atoms with Gasteiger partial charge in [0.05, 0.1) is 25.2 Å². The molecule has 0 bridgehead atoms. The number of alkyl carbamates (subject to hydrolysis) is 1.